The average Bonchev–Trinajstić information content (AvgIpc) is 1.96. The highest BCUT2D eigenvalue weighted by atomic mass is 16.3. The van der Waals surface area contributed by atoms with Crippen molar-refractivity contribution in [2.45, 2.75) is 19.8 Å². The number of hydrogen-bond donors (Lipinski definition) is 1. The van der Waals surface area contributed by atoms with Gasteiger partial charge in [0.05, 0.1) is 0 Å². The first-order valence-corrected chi connectivity index (χ1v) is 3.83. The normalized spacial score (nSPS) is 26.7. The fourth-order valence-corrected chi connectivity index (χ4v) is 1.25. The van der Waals surface area contributed by atoms with Crippen LogP contribution in [0, 0.1) is 12.5 Å². The molecule has 0 aliphatic carbocycles. The summed E-state index contributed by atoms with van der Waals surface area (Å²) in [5, 5.41) is 9.00. The van der Waals surface area contributed by atoms with Gasteiger partial charge in [0.1, 0.15) is 0 Å². The van der Waals surface area contributed by atoms with Gasteiger partial charge in [-0.15, -0.1) is 0 Å². The Kier molecular flexibility index (Phi) is 2.32. The van der Waals surface area contributed by atoms with Gasteiger partial charge >= 0.3 is 0 Å². The number of likely N-dealkylation sites (tertiary alicyclic amines) is 1. The minimum Gasteiger partial charge on any atom is -0.459 e. The van der Waals surface area contributed by atoms with E-state index in [0.29, 0.717) is 6.61 Å². The van der Waals surface area contributed by atoms with Gasteiger partial charge in [0, 0.05) is 6.61 Å². The standard InChI is InChI=1S/C8H16NO/c1-8(7-10)3-5-9(2)6-4-8/h10H,2-7H2,1H3/q-1. The Morgan fingerprint density at radius 1 is 1.50 bits per heavy atom. The second-order valence-electron chi connectivity index (χ2n) is 3.59. The number of aliphatic hydroxyl groups excluding tert-OH is 1. The first-order valence-electron chi connectivity index (χ1n) is 3.83. The van der Waals surface area contributed by atoms with Crippen LogP contribution in [0.4, 0.5) is 0 Å². The molecule has 2 heteroatoms. The van der Waals surface area contributed by atoms with Crippen molar-refractivity contribution in [2.24, 2.45) is 5.41 Å². The van der Waals surface area contributed by atoms with Gasteiger partial charge in [0.25, 0.3) is 0 Å². The van der Waals surface area contributed by atoms with Crippen molar-refractivity contribution < 1.29 is 5.11 Å². The molecule has 1 rings (SSSR count). The molecule has 1 saturated heterocycles. The molecule has 0 radical (unpaired) electrons. The van der Waals surface area contributed by atoms with Crippen molar-refractivity contribution in [3.63, 3.8) is 0 Å². The molecule has 0 atom stereocenters. The molecule has 0 bridgehead atoms. The average molecular weight is 142 g/mol. The van der Waals surface area contributed by atoms with Crippen molar-refractivity contribution in [3.05, 3.63) is 7.05 Å². The van der Waals surface area contributed by atoms with Crippen molar-refractivity contribution in [2.75, 3.05) is 19.7 Å². The minimum atomic E-state index is 0.175. The van der Waals surface area contributed by atoms with Gasteiger partial charge in [0.2, 0.25) is 0 Å². The molecule has 0 spiro atoms. The lowest BCUT2D eigenvalue weighted by atomic mass is 9.81. The first-order chi connectivity index (χ1) is 4.66. The second-order valence-corrected chi connectivity index (χ2v) is 3.59. The fraction of sp³-hybridized carbons (Fsp3) is 0.875. The summed E-state index contributed by atoms with van der Waals surface area (Å²) in [5.74, 6) is 0. The van der Waals surface area contributed by atoms with Gasteiger partial charge in [-0.3, -0.25) is 7.05 Å². The van der Waals surface area contributed by atoms with Crippen molar-refractivity contribution in [1.82, 2.24) is 4.90 Å². The Morgan fingerprint density at radius 2 is 2.00 bits per heavy atom. The molecule has 2 nitrogen and oxygen atoms in total. The summed E-state index contributed by atoms with van der Waals surface area (Å²) >= 11 is 0. The predicted molar refractivity (Wildman–Crippen MR) is 41.4 cm³/mol. The van der Waals surface area contributed by atoms with Crippen LogP contribution in [0.2, 0.25) is 0 Å². The van der Waals surface area contributed by atoms with Crippen LogP contribution in [-0.2, 0) is 0 Å². The molecule has 0 aromatic rings. The molecule has 0 unspecified atom stereocenters. The largest absolute Gasteiger partial charge is 0.459 e. The third-order valence-electron chi connectivity index (χ3n) is 2.44. The smallest absolute Gasteiger partial charge is 0.0485 e. The maximum atomic E-state index is 9.00. The van der Waals surface area contributed by atoms with Crippen LogP contribution in [0.25, 0.3) is 0 Å². The summed E-state index contributed by atoms with van der Waals surface area (Å²) in [6.45, 7) is 4.51. The van der Waals surface area contributed by atoms with E-state index in [9.17, 15) is 0 Å². The van der Waals surface area contributed by atoms with Crippen LogP contribution in [0.3, 0.4) is 0 Å². The zero-order valence-corrected chi connectivity index (χ0v) is 6.64. The van der Waals surface area contributed by atoms with Crippen LogP contribution < -0.4 is 0 Å². The molecule has 0 amide bonds. The highest BCUT2D eigenvalue weighted by molar-refractivity contribution is 4.81. The van der Waals surface area contributed by atoms with Crippen LogP contribution in [-0.4, -0.2) is 29.7 Å². The monoisotopic (exact) mass is 142 g/mol. The summed E-state index contributed by atoms with van der Waals surface area (Å²) in [4.78, 5) is 2.07. The molecule has 10 heavy (non-hydrogen) atoms. The zero-order valence-electron chi connectivity index (χ0n) is 6.64. The highest BCUT2D eigenvalue weighted by Crippen LogP contribution is 2.29. The number of hydrogen-bond acceptors (Lipinski definition) is 2. The maximum Gasteiger partial charge on any atom is 0.0485 e. The fourth-order valence-electron chi connectivity index (χ4n) is 1.25. The Labute approximate surface area is 62.8 Å². The lowest BCUT2D eigenvalue weighted by Crippen LogP contribution is -2.37. The van der Waals surface area contributed by atoms with Crippen molar-refractivity contribution in [1.29, 1.82) is 0 Å². The van der Waals surface area contributed by atoms with Crippen LogP contribution >= 0.6 is 0 Å². The van der Waals surface area contributed by atoms with Crippen LogP contribution in [0.5, 0.6) is 0 Å². The topological polar surface area (TPSA) is 23.5 Å². The van der Waals surface area contributed by atoms with E-state index in [-0.39, 0.29) is 5.41 Å². The number of aliphatic hydroxyl groups is 1. The third kappa shape index (κ3) is 1.70. The summed E-state index contributed by atoms with van der Waals surface area (Å²) in [7, 11) is 3.85. The maximum absolute atomic E-state index is 9.00. The Morgan fingerprint density at radius 3 is 2.40 bits per heavy atom. The van der Waals surface area contributed by atoms with E-state index in [1.807, 2.05) is 0 Å². The number of piperidine rings is 1. The molecule has 60 valence electrons. The Bertz CT molecular complexity index is 106. The second kappa shape index (κ2) is 2.89. The van der Waals surface area contributed by atoms with Crippen LogP contribution in [0.1, 0.15) is 19.8 Å². The summed E-state index contributed by atoms with van der Waals surface area (Å²) < 4.78 is 0. The molecule has 1 N–H and O–H groups in total. The van der Waals surface area contributed by atoms with Gasteiger partial charge < -0.3 is 10.0 Å². The van der Waals surface area contributed by atoms with E-state index in [1.54, 1.807) is 0 Å². The molecule has 1 aliphatic rings. The number of nitrogens with zero attached hydrogens (tertiary/aromatic N) is 1. The minimum absolute atomic E-state index is 0.175. The van der Waals surface area contributed by atoms with E-state index < -0.39 is 0 Å². The Hall–Kier alpha value is -0.0800. The van der Waals surface area contributed by atoms with Gasteiger partial charge in [0.15, 0.2) is 0 Å². The summed E-state index contributed by atoms with van der Waals surface area (Å²) in [6, 6.07) is 0. The van der Waals surface area contributed by atoms with Crippen molar-refractivity contribution in [3.8, 4) is 0 Å². The first kappa shape index (κ1) is 8.02. The molecular weight excluding hydrogens is 126 g/mol. The molecular formula is C8H16NO-. The number of rotatable bonds is 1. The lowest BCUT2D eigenvalue weighted by Gasteiger charge is -2.40. The third-order valence-corrected chi connectivity index (χ3v) is 2.44. The quantitative estimate of drug-likeness (QED) is 0.549. The van der Waals surface area contributed by atoms with E-state index in [0.717, 1.165) is 25.9 Å². The zero-order chi connectivity index (χ0) is 7.61. The van der Waals surface area contributed by atoms with Gasteiger partial charge in [-0.2, -0.15) is 0 Å². The molecule has 1 heterocycles. The van der Waals surface area contributed by atoms with E-state index in [1.165, 1.54) is 0 Å². The molecule has 1 aliphatic heterocycles. The van der Waals surface area contributed by atoms with E-state index in [2.05, 4.69) is 18.9 Å². The summed E-state index contributed by atoms with van der Waals surface area (Å²) in [5.41, 5.74) is 0.175. The van der Waals surface area contributed by atoms with E-state index in [4.69, 9.17) is 5.11 Å². The predicted octanol–water partition coefficient (Wildman–Crippen LogP) is 0.872. The Balaban J connectivity index is 2.38. The summed E-state index contributed by atoms with van der Waals surface area (Å²) in [6.07, 6.45) is 2.15. The molecule has 0 aromatic carbocycles. The molecule has 1 fully saturated rings. The van der Waals surface area contributed by atoms with Gasteiger partial charge in [-0.05, 0) is 31.3 Å². The van der Waals surface area contributed by atoms with Crippen molar-refractivity contribution >= 4 is 0 Å². The SMILES string of the molecule is [CH2-]N1CCC(C)(CO)CC1. The van der Waals surface area contributed by atoms with Gasteiger partial charge in [-0.25, -0.2) is 0 Å². The highest BCUT2D eigenvalue weighted by Gasteiger charge is 2.25. The van der Waals surface area contributed by atoms with Gasteiger partial charge in [-0.1, -0.05) is 6.92 Å². The molecule has 0 aromatic heterocycles. The lowest BCUT2D eigenvalue weighted by molar-refractivity contribution is 0.0747. The van der Waals surface area contributed by atoms with Crippen LogP contribution in [0.15, 0.2) is 0 Å². The molecule has 0 saturated carbocycles. The van der Waals surface area contributed by atoms with E-state index >= 15 is 0 Å².